The third-order valence-corrected chi connectivity index (χ3v) is 3.92. The number of methoxy groups -OCH3 is 1. The Kier molecular flexibility index (Phi) is 4.05. The number of ether oxygens (including phenoxy) is 1. The highest BCUT2D eigenvalue weighted by molar-refractivity contribution is 8.12. The third kappa shape index (κ3) is 2.74. The van der Waals surface area contributed by atoms with Gasteiger partial charge in [0.1, 0.15) is 12.0 Å². The number of rotatable bonds is 3. The summed E-state index contributed by atoms with van der Waals surface area (Å²) in [4.78, 5) is 12.9. The van der Waals surface area contributed by atoms with Gasteiger partial charge in [0, 0.05) is 15.4 Å². The summed E-state index contributed by atoms with van der Waals surface area (Å²) < 4.78 is 5.14. The van der Waals surface area contributed by atoms with Crippen molar-refractivity contribution in [3.63, 3.8) is 0 Å². The molecule has 2 nitrogen and oxygen atoms in total. The normalized spacial score (nSPS) is 17.1. The molecule has 0 aromatic heterocycles. The molecular formula is C15H14O2S. The molecule has 0 atom stereocenters. The second-order valence-electron chi connectivity index (χ2n) is 3.89. The molecule has 0 unspecified atom stereocenters. The van der Waals surface area contributed by atoms with Crippen LogP contribution in [0, 0.1) is 0 Å². The Labute approximate surface area is 111 Å². The summed E-state index contributed by atoms with van der Waals surface area (Å²) in [6.07, 6.45) is 6.87. The van der Waals surface area contributed by atoms with Crippen LogP contribution in [0.15, 0.2) is 53.0 Å². The van der Waals surface area contributed by atoms with Gasteiger partial charge in [-0.1, -0.05) is 30.0 Å². The van der Waals surface area contributed by atoms with Gasteiger partial charge in [-0.05, 0) is 36.8 Å². The van der Waals surface area contributed by atoms with E-state index >= 15 is 0 Å². The molecule has 92 valence electrons. The Morgan fingerprint density at radius 1 is 1.28 bits per heavy atom. The van der Waals surface area contributed by atoms with Crippen molar-refractivity contribution in [1.29, 1.82) is 0 Å². The minimum absolute atomic E-state index is 0.760. The molecule has 1 aromatic carbocycles. The topological polar surface area (TPSA) is 26.3 Å². The van der Waals surface area contributed by atoms with Crippen LogP contribution in [-0.2, 0) is 4.79 Å². The van der Waals surface area contributed by atoms with Gasteiger partial charge in [0.25, 0.3) is 0 Å². The summed E-state index contributed by atoms with van der Waals surface area (Å²) in [5.74, 6) is 0.843. The number of hydrogen-bond donors (Lipinski definition) is 0. The minimum atomic E-state index is 0.760. The first-order valence-electron chi connectivity index (χ1n) is 5.61. The first-order chi connectivity index (χ1) is 8.74. The van der Waals surface area contributed by atoms with E-state index in [1.807, 2.05) is 49.4 Å². The van der Waals surface area contributed by atoms with Gasteiger partial charge in [-0.2, -0.15) is 0 Å². The smallest absolute Gasteiger partial charge is 0.146 e. The van der Waals surface area contributed by atoms with Crippen LogP contribution in [0.5, 0.6) is 5.75 Å². The monoisotopic (exact) mass is 258 g/mol. The average Bonchev–Trinajstić information content (AvgIpc) is 2.46. The molecule has 0 aliphatic carbocycles. The number of allylic oxidation sites excluding steroid dienone is 4. The van der Waals surface area contributed by atoms with Gasteiger partial charge in [-0.25, -0.2) is 0 Å². The van der Waals surface area contributed by atoms with Crippen LogP contribution in [0.3, 0.4) is 0 Å². The van der Waals surface area contributed by atoms with Crippen molar-refractivity contribution in [1.82, 2.24) is 0 Å². The van der Waals surface area contributed by atoms with Crippen molar-refractivity contribution in [2.45, 2.75) is 6.92 Å². The fourth-order valence-corrected chi connectivity index (χ4v) is 2.58. The summed E-state index contributed by atoms with van der Waals surface area (Å²) in [5, 5.41) is 0. The number of thioether (sulfide) groups is 1. The van der Waals surface area contributed by atoms with Crippen molar-refractivity contribution in [2.24, 2.45) is 0 Å². The van der Waals surface area contributed by atoms with Crippen LogP contribution in [-0.4, -0.2) is 13.4 Å². The molecule has 3 heteroatoms. The molecule has 0 saturated carbocycles. The lowest BCUT2D eigenvalue weighted by atomic mass is 10.2. The van der Waals surface area contributed by atoms with E-state index in [1.54, 1.807) is 18.9 Å². The molecule has 0 bridgehead atoms. The first-order valence-corrected chi connectivity index (χ1v) is 6.43. The number of hydrogen-bond acceptors (Lipinski definition) is 3. The third-order valence-electron chi connectivity index (χ3n) is 2.66. The molecule has 0 radical (unpaired) electrons. The molecule has 0 spiro atoms. The van der Waals surface area contributed by atoms with Crippen molar-refractivity contribution in [3.8, 4) is 5.75 Å². The van der Waals surface area contributed by atoms with Crippen molar-refractivity contribution < 1.29 is 9.53 Å². The van der Waals surface area contributed by atoms with Crippen LogP contribution < -0.4 is 4.74 Å². The molecular weight excluding hydrogens is 244 g/mol. The second kappa shape index (κ2) is 5.74. The summed E-state index contributed by atoms with van der Waals surface area (Å²) in [7, 11) is 1.65. The molecule has 1 aliphatic heterocycles. The van der Waals surface area contributed by atoms with Crippen molar-refractivity contribution in [2.75, 3.05) is 7.11 Å². The van der Waals surface area contributed by atoms with E-state index in [1.165, 1.54) is 0 Å². The van der Waals surface area contributed by atoms with Gasteiger partial charge in [0.05, 0.1) is 7.11 Å². The largest absolute Gasteiger partial charge is 0.497 e. The Morgan fingerprint density at radius 3 is 2.61 bits per heavy atom. The number of carbonyl (C=O) groups excluding carboxylic acids is 1. The van der Waals surface area contributed by atoms with Crippen LogP contribution in [0.1, 0.15) is 12.5 Å². The number of aldehydes is 1. The molecule has 0 saturated heterocycles. The highest BCUT2D eigenvalue weighted by Gasteiger charge is 2.10. The fraction of sp³-hybridized carbons (Fsp3) is 0.133. The Morgan fingerprint density at radius 2 is 2.00 bits per heavy atom. The second-order valence-corrected chi connectivity index (χ2v) is 4.97. The quantitative estimate of drug-likeness (QED) is 0.609. The Hall–Kier alpha value is -1.74. The summed E-state index contributed by atoms with van der Waals surface area (Å²) in [6.45, 7) is 1.83. The predicted molar refractivity (Wildman–Crippen MR) is 76.5 cm³/mol. The lowest BCUT2D eigenvalue weighted by molar-refractivity contribution is -0.104. The zero-order chi connectivity index (χ0) is 13.0. The lowest BCUT2D eigenvalue weighted by Crippen LogP contribution is -1.89. The zero-order valence-corrected chi connectivity index (χ0v) is 11.2. The number of benzene rings is 1. The Bertz CT molecular complexity index is 536. The lowest BCUT2D eigenvalue weighted by Gasteiger charge is -2.12. The van der Waals surface area contributed by atoms with Crippen LogP contribution in [0.2, 0.25) is 0 Å². The van der Waals surface area contributed by atoms with E-state index in [0.717, 1.165) is 33.0 Å². The van der Waals surface area contributed by atoms with Gasteiger partial charge < -0.3 is 4.74 Å². The molecule has 1 aromatic rings. The molecule has 1 aliphatic rings. The fourth-order valence-electron chi connectivity index (χ4n) is 1.59. The van der Waals surface area contributed by atoms with Gasteiger partial charge >= 0.3 is 0 Å². The van der Waals surface area contributed by atoms with Crippen LogP contribution in [0.25, 0.3) is 4.91 Å². The molecule has 0 fully saturated rings. The first kappa shape index (κ1) is 12.7. The Balaban J connectivity index is 2.26. The van der Waals surface area contributed by atoms with Gasteiger partial charge in [-0.15, -0.1) is 0 Å². The maximum absolute atomic E-state index is 10.8. The predicted octanol–water partition coefficient (Wildman–Crippen LogP) is 3.81. The highest BCUT2D eigenvalue weighted by Crippen LogP contribution is 2.38. The van der Waals surface area contributed by atoms with Crippen LogP contribution >= 0.6 is 11.8 Å². The highest BCUT2D eigenvalue weighted by atomic mass is 32.2. The summed E-state index contributed by atoms with van der Waals surface area (Å²) in [6, 6.07) is 7.91. The van der Waals surface area contributed by atoms with Crippen LogP contribution in [0.4, 0.5) is 0 Å². The van der Waals surface area contributed by atoms with E-state index in [9.17, 15) is 4.79 Å². The van der Waals surface area contributed by atoms with E-state index in [0.29, 0.717) is 0 Å². The molecule has 1 heterocycles. The minimum Gasteiger partial charge on any atom is -0.497 e. The SMILES string of the molecule is COc1ccc(C2=CC=CC(=C(C)C=O)S2)cc1. The van der Waals surface area contributed by atoms with E-state index < -0.39 is 0 Å². The maximum atomic E-state index is 10.8. The van der Waals surface area contributed by atoms with Gasteiger partial charge in [-0.3, -0.25) is 4.79 Å². The molecule has 18 heavy (non-hydrogen) atoms. The molecule has 0 N–H and O–H groups in total. The van der Waals surface area contributed by atoms with E-state index in [-0.39, 0.29) is 0 Å². The van der Waals surface area contributed by atoms with Gasteiger partial charge in [0.15, 0.2) is 0 Å². The molecule has 2 rings (SSSR count). The summed E-state index contributed by atoms with van der Waals surface area (Å²) >= 11 is 1.61. The van der Waals surface area contributed by atoms with Gasteiger partial charge in [0.2, 0.25) is 0 Å². The van der Waals surface area contributed by atoms with Crippen molar-refractivity contribution >= 4 is 23.0 Å². The summed E-state index contributed by atoms with van der Waals surface area (Å²) in [5.41, 5.74) is 1.89. The molecule has 0 amide bonds. The maximum Gasteiger partial charge on any atom is 0.146 e. The number of carbonyl (C=O) groups is 1. The standard InChI is InChI=1S/C15H14O2S/c1-11(10-16)14-4-3-5-15(18-14)12-6-8-13(17-2)9-7-12/h3-10H,1-2H3. The zero-order valence-electron chi connectivity index (χ0n) is 10.3. The van der Waals surface area contributed by atoms with E-state index in [2.05, 4.69) is 0 Å². The average molecular weight is 258 g/mol. The van der Waals surface area contributed by atoms with E-state index in [4.69, 9.17) is 4.74 Å². The van der Waals surface area contributed by atoms with Crippen molar-refractivity contribution in [3.05, 3.63) is 58.5 Å².